The van der Waals surface area contributed by atoms with Gasteiger partial charge in [-0.1, -0.05) is 6.07 Å². The fourth-order valence-electron chi connectivity index (χ4n) is 2.06. The summed E-state index contributed by atoms with van der Waals surface area (Å²) in [5.41, 5.74) is -0.701. The Kier molecular flexibility index (Phi) is 2.86. The summed E-state index contributed by atoms with van der Waals surface area (Å²) in [6, 6.07) is 4.64. The molecule has 1 aliphatic rings. The van der Waals surface area contributed by atoms with Crippen molar-refractivity contribution in [1.29, 1.82) is 0 Å². The largest absolute Gasteiger partial charge is 0.496 e. The van der Waals surface area contributed by atoms with Gasteiger partial charge in [-0.15, -0.1) is 0 Å². The zero-order valence-electron chi connectivity index (χ0n) is 10.4. The van der Waals surface area contributed by atoms with Crippen molar-refractivity contribution < 1.29 is 19.1 Å². The van der Waals surface area contributed by atoms with Crippen molar-refractivity contribution in [3.05, 3.63) is 23.8 Å². The zero-order chi connectivity index (χ0) is 13.3. The topological polar surface area (TPSA) is 76.7 Å². The smallest absolute Gasteiger partial charge is 0.322 e. The minimum Gasteiger partial charge on any atom is -0.496 e. The summed E-state index contributed by atoms with van der Waals surface area (Å²) < 4.78 is 10.5. The standard InChI is InChI=1S/C12H14N2O4/c1-12(10(15)13-11(16)14-12)9-7(17-2)5-4-6-8(9)18-3/h4-6H,1-3H3,(H2,13,14,15,16). The minimum absolute atomic E-state index is 0.435. The summed E-state index contributed by atoms with van der Waals surface area (Å²) in [4.78, 5) is 23.3. The third-order valence-electron chi connectivity index (χ3n) is 2.97. The highest BCUT2D eigenvalue weighted by Gasteiger charge is 2.47. The van der Waals surface area contributed by atoms with Gasteiger partial charge < -0.3 is 14.8 Å². The molecule has 2 rings (SSSR count). The quantitative estimate of drug-likeness (QED) is 0.776. The average Bonchev–Trinajstić information content (AvgIpc) is 2.62. The van der Waals surface area contributed by atoms with Crippen molar-refractivity contribution in [3.8, 4) is 11.5 Å². The van der Waals surface area contributed by atoms with Crippen LogP contribution in [0.5, 0.6) is 11.5 Å². The van der Waals surface area contributed by atoms with Gasteiger partial charge in [-0.2, -0.15) is 0 Å². The summed E-state index contributed by atoms with van der Waals surface area (Å²) in [7, 11) is 2.99. The molecule has 0 saturated carbocycles. The summed E-state index contributed by atoms with van der Waals surface area (Å²) in [6.07, 6.45) is 0. The van der Waals surface area contributed by atoms with Gasteiger partial charge in [0.25, 0.3) is 5.91 Å². The molecule has 1 saturated heterocycles. The maximum atomic E-state index is 11.9. The first-order valence-corrected chi connectivity index (χ1v) is 5.38. The second-order valence-corrected chi connectivity index (χ2v) is 4.07. The van der Waals surface area contributed by atoms with Crippen molar-refractivity contribution in [2.24, 2.45) is 0 Å². The van der Waals surface area contributed by atoms with E-state index in [9.17, 15) is 9.59 Å². The van der Waals surface area contributed by atoms with Crippen LogP contribution >= 0.6 is 0 Å². The van der Waals surface area contributed by atoms with Crippen LogP contribution in [0, 0.1) is 0 Å². The molecule has 0 aromatic heterocycles. The highest BCUT2D eigenvalue weighted by atomic mass is 16.5. The van der Waals surface area contributed by atoms with Gasteiger partial charge in [-0.25, -0.2) is 4.79 Å². The molecule has 18 heavy (non-hydrogen) atoms. The predicted molar refractivity (Wildman–Crippen MR) is 63.6 cm³/mol. The van der Waals surface area contributed by atoms with Gasteiger partial charge in [0.1, 0.15) is 11.5 Å². The van der Waals surface area contributed by atoms with Gasteiger partial charge in [-0.3, -0.25) is 10.1 Å². The minimum atomic E-state index is -1.20. The van der Waals surface area contributed by atoms with E-state index in [2.05, 4.69) is 10.6 Å². The number of carbonyl (C=O) groups excluding carboxylic acids is 2. The molecular formula is C12H14N2O4. The van der Waals surface area contributed by atoms with Gasteiger partial charge >= 0.3 is 6.03 Å². The summed E-state index contributed by atoms with van der Waals surface area (Å²) >= 11 is 0. The Morgan fingerprint density at radius 1 is 1.11 bits per heavy atom. The Balaban J connectivity index is 2.62. The molecule has 1 fully saturated rings. The molecular weight excluding hydrogens is 236 g/mol. The van der Waals surface area contributed by atoms with Crippen LogP contribution in [0.1, 0.15) is 12.5 Å². The highest BCUT2D eigenvalue weighted by Crippen LogP contribution is 2.38. The molecule has 1 heterocycles. The molecule has 1 aliphatic heterocycles. The van der Waals surface area contributed by atoms with E-state index in [0.29, 0.717) is 17.1 Å². The third-order valence-corrected chi connectivity index (χ3v) is 2.97. The fourth-order valence-corrected chi connectivity index (χ4v) is 2.06. The molecule has 1 unspecified atom stereocenters. The SMILES string of the molecule is COc1cccc(OC)c1C1(C)NC(=O)NC1=O. The monoisotopic (exact) mass is 250 g/mol. The number of amides is 3. The van der Waals surface area contributed by atoms with Gasteiger partial charge in [0.15, 0.2) is 5.54 Å². The maximum absolute atomic E-state index is 11.9. The number of carbonyl (C=O) groups is 2. The molecule has 0 aliphatic carbocycles. The van der Waals surface area contributed by atoms with Gasteiger partial charge in [-0.05, 0) is 19.1 Å². The number of rotatable bonds is 3. The third kappa shape index (κ3) is 1.66. The summed E-state index contributed by atoms with van der Waals surface area (Å²) in [6.45, 7) is 1.60. The van der Waals surface area contributed by atoms with Crippen LogP contribution in [-0.2, 0) is 10.3 Å². The van der Waals surface area contributed by atoms with Gasteiger partial charge in [0.2, 0.25) is 0 Å². The van der Waals surface area contributed by atoms with E-state index in [1.54, 1.807) is 25.1 Å². The number of urea groups is 1. The number of benzene rings is 1. The van der Waals surface area contributed by atoms with Crippen molar-refractivity contribution in [3.63, 3.8) is 0 Å². The first kappa shape index (κ1) is 12.2. The lowest BCUT2D eigenvalue weighted by Gasteiger charge is -2.25. The molecule has 1 aromatic rings. The molecule has 6 heteroatoms. The number of nitrogens with one attached hydrogen (secondary N) is 2. The van der Waals surface area contributed by atoms with Crippen molar-refractivity contribution in [1.82, 2.24) is 10.6 Å². The van der Waals surface area contributed by atoms with E-state index in [0.717, 1.165) is 0 Å². The van der Waals surface area contributed by atoms with Gasteiger partial charge in [0, 0.05) is 0 Å². The summed E-state index contributed by atoms with van der Waals surface area (Å²) in [5.74, 6) is 0.527. The molecule has 0 bridgehead atoms. The Bertz CT molecular complexity index is 493. The van der Waals surface area contributed by atoms with Crippen LogP contribution in [0.3, 0.4) is 0 Å². The second-order valence-electron chi connectivity index (χ2n) is 4.07. The van der Waals surface area contributed by atoms with E-state index in [-0.39, 0.29) is 0 Å². The van der Waals surface area contributed by atoms with Crippen LogP contribution < -0.4 is 20.1 Å². The lowest BCUT2D eigenvalue weighted by atomic mass is 9.90. The van der Waals surface area contributed by atoms with Crippen LogP contribution in [0.25, 0.3) is 0 Å². The van der Waals surface area contributed by atoms with Crippen molar-refractivity contribution in [2.75, 3.05) is 14.2 Å². The Morgan fingerprint density at radius 3 is 2.06 bits per heavy atom. The van der Waals surface area contributed by atoms with Crippen molar-refractivity contribution >= 4 is 11.9 Å². The molecule has 1 aromatic carbocycles. The average molecular weight is 250 g/mol. The number of imide groups is 1. The van der Waals surface area contributed by atoms with Crippen molar-refractivity contribution in [2.45, 2.75) is 12.5 Å². The lowest BCUT2D eigenvalue weighted by Crippen LogP contribution is -2.41. The number of hydrogen-bond acceptors (Lipinski definition) is 4. The first-order valence-electron chi connectivity index (χ1n) is 5.38. The fraction of sp³-hybridized carbons (Fsp3) is 0.333. The molecule has 2 N–H and O–H groups in total. The Labute approximate surface area is 104 Å². The normalized spacial score (nSPS) is 22.4. The van der Waals surface area contributed by atoms with E-state index < -0.39 is 17.5 Å². The van der Waals surface area contributed by atoms with E-state index >= 15 is 0 Å². The van der Waals surface area contributed by atoms with Crippen LogP contribution in [0.15, 0.2) is 18.2 Å². The molecule has 0 radical (unpaired) electrons. The number of hydrogen-bond donors (Lipinski definition) is 2. The second kappa shape index (κ2) is 4.21. The summed E-state index contributed by atoms with van der Waals surface area (Å²) in [5, 5.41) is 4.79. The molecule has 1 atom stereocenters. The van der Waals surface area contributed by atoms with E-state index in [1.165, 1.54) is 14.2 Å². The first-order chi connectivity index (χ1) is 8.52. The maximum Gasteiger partial charge on any atom is 0.322 e. The van der Waals surface area contributed by atoms with Gasteiger partial charge in [0.05, 0.1) is 19.8 Å². The molecule has 3 amide bonds. The molecule has 6 nitrogen and oxygen atoms in total. The van der Waals surface area contributed by atoms with E-state index in [1.807, 2.05) is 0 Å². The van der Waals surface area contributed by atoms with Crippen LogP contribution in [0.4, 0.5) is 4.79 Å². The molecule has 0 spiro atoms. The number of ether oxygens (including phenoxy) is 2. The predicted octanol–water partition coefficient (Wildman–Crippen LogP) is 0.758. The van der Waals surface area contributed by atoms with E-state index in [4.69, 9.17) is 9.47 Å². The lowest BCUT2D eigenvalue weighted by molar-refractivity contribution is -0.123. The van der Waals surface area contributed by atoms with Crippen LogP contribution in [-0.4, -0.2) is 26.2 Å². The van der Waals surface area contributed by atoms with Crippen LogP contribution in [0.2, 0.25) is 0 Å². The Hall–Kier alpha value is -2.24. The Morgan fingerprint density at radius 2 is 1.67 bits per heavy atom. The number of methoxy groups -OCH3 is 2. The molecule has 96 valence electrons. The zero-order valence-corrected chi connectivity index (χ0v) is 10.4. The highest BCUT2D eigenvalue weighted by molar-refractivity contribution is 6.07.